The lowest BCUT2D eigenvalue weighted by Gasteiger charge is -2.26. The maximum Gasteiger partial charge on any atom is 0.254 e. The Labute approximate surface area is 189 Å². The third-order valence-corrected chi connectivity index (χ3v) is 4.82. The third-order valence-electron chi connectivity index (χ3n) is 4.82. The van der Waals surface area contributed by atoms with E-state index in [9.17, 15) is 14.4 Å². The highest BCUT2D eigenvalue weighted by molar-refractivity contribution is 6.15. The zero-order valence-corrected chi connectivity index (χ0v) is 19.5. The molecule has 8 heteroatoms. The van der Waals surface area contributed by atoms with Gasteiger partial charge in [0.1, 0.15) is 17.4 Å². The highest BCUT2D eigenvalue weighted by atomic mass is 16.5. The number of amides is 2. The largest absolute Gasteiger partial charge is 0.488 e. The van der Waals surface area contributed by atoms with Gasteiger partial charge in [-0.1, -0.05) is 12.1 Å². The summed E-state index contributed by atoms with van der Waals surface area (Å²) in [5, 5.41) is 17.6. The number of ether oxygens (including phenoxy) is 2. The lowest BCUT2D eigenvalue weighted by Crippen LogP contribution is -2.45. The molecule has 8 nitrogen and oxygen atoms in total. The van der Waals surface area contributed by atoms with Crippen molar-refractivity contribution >= 4 is 17.6 Å². The minimum absolute atomic E-state index is 0.0390. The van der Waals surface area contributed by atoms with Gasteiger partial charge in [0, 0.05) is 45.3 Å². The average molecular weight is 450 g/mol. The molecule has 2 unspecified atom stereocenters. The van der Waals surface area contributed by atoms with E-state index < -0.39 is 23.5 Å². The van der Waals surface area contributed by atoms with Gasteiger partial charge >= 0.3 is 0 Å². The molecule has 0 radical (unpaired) electrons. The first-order valence-corrected chi connectivity index (χ1v) is 10.6. The van der Waals surface area contributed by atoms with Crippen LogP contribution in [0.1, 0.15) is 46.1 Å². The molecule has 1 aromatic rings. The van der Waals surface area contributed by atoms with Gasteiger partial charge in [0.2, 0.25) is 0 Å². The van der Waals surface area contributed by atoms with Gasteiger partial charge in [-0.25, -0.2) is 0 Å². The summed E-state index contributed by atoms with van der Waals surface area (Å²) in [6.45, 7) is 7.59. The second-order valence-corrected chi connectivity index (χ2v) is 8.32. The highest BCUT2D eigenvalue weighted by Crippen LogP contribution is 2.23. The molecule has 1 heterocycles. The zero-order valence-electron chi connectivity index (χ0n) is 19.5. The molecule has 0 fully saturated rings. The summed E-state index contributed by atoms with van der Waals surface area (Å²) < 4.78 is 10.5. The first kappa shape index (κ1) is 27.5. The van der Waals surface area contributed by atoms with E-state index >= 15 is 0 Å². The van der Waals surface area contributed by atoms with E-state index in [-0.39, 0.29) is 24.9 Å². The van der Waals surface area contributed by atoms with Gasteiger partial charge in [-0.2, -0.15) is 0 Å². The SMILES string of the molecule is CC(=O)C(Cc1ccc(OC(C)(C)CCO)cc1)N1C(=O)C=CC1=O.COCCC(C)O. The van der Waals surface area contributed by atoms with Crippen LogP contribution < -0.4 is 4.74 Å². The number of benzene rings is 1. The van der Waals surface area contributed by atoms with Crippen molar-refractivity contribution in [3.8, 4) is 5.75 Å². The predicted octanol–water partition coefficient (Wildman–Crippen LogP) is 2.06. The van der Waals surface area contributed by atoms with E-state index in [1.54, 1.807) is 38.3 Å². The van der Waals surface area contributed by atoms with Gasteiger partial charge in [-0.05, 0) is 51.8 Å². The monoisotopic (exact) mass is 449 g/mol. The fraction of sp³-hybridized carbons (Fsp3) is 0.542. The van der Waals surface area contributed by atoms with Crippen LogP contribution in [0.25, 0.3) is 0 Å². The number of ketones is 1. The Kier molecular flexibility index (Phi) is 11.3. The van der Waals surface area contributed by atoms with Gasteiger partial charge in [0.05, 0.1) is 6.10 Å². The number of hydrogen-bond donors (Lipinski definition) is 2. The molecule has 0 aliphatic carbocycles. The van der Waals surface area contributed by atoms with Crippen LogP contribution in [0, 0.1) is 0 Å². The lowest BCUT2D eigenvalue weighted by molar-refractivity contribution is -0.144. The van der Waals surface area contributed by atoms with Crippen molar-refractivity contribution in [2.24, 2.45) is 0 Å². The van der Waals surface area contributed by atoms with E-state index in [2.05, 4.69) is 0 Å². The maximum atomic E-state index is 11.9. The number of hydrogen-bond acceptors (Lipinski definition) is 7. The molecule has 2 rings (SSSR count). The van der Waals surface area contributed by atoms with E-state index in [0.29, 0.717) is 18.8 Å². The number of methoxy groups -OCH3 is 1. The molecule has 1 aliphatic rings. The number of carbonyl (C=O) groups excluding carboxylic acids is 3. The van der Waals surface area contributed by atoms with Gasteiger partial charge in [-0.3, -0.25) is 19.3 Å². The van der Waals surface area contributed by atoms with Crippen LogP contribution in [-0.2, 0) is 25.5 Å². The smallest absolute Gasteiger partial charge is 0.254 e. The van der Waals surface area contributed by atoms with Crippen LogP contribution in [0.4, 0.5) is 0 Å². The van der Waals surface area contributed by atoms with Crippen LogP contribution in [0.3, 0.4) is 0 Å². The van der Waals surface area contributed by atoms with E-state index in [1.165, 1.54) is 19.1 Å². The van der Waals surface area contributed by atoms with Gasteiger partial charge in [0.25, 0.3) is 11.8 Å². The predicted molar refractivity (Wildman–Crippen MR) is 120 cm³/mol. The van der Waals surface area contributed by atoms with Crippen molar-refractivity contribution in [2.75, 3.05) is 20.3 Å². The summed E-state index contributed by atoms with van der Waals surface area (Å²) in [4.78, 5) is 36.6. The van der Waals surface area contributed by atoms with Gasteiger partial charge in [-0.15, -0.1) is 0 Å². The van der Waals surface area contributed by atoms with Crippen molar-refractivity contribution in [1.29, 1.82) is 0 Å². The molecule has 0 saturated heterocycles. The quantitative estimate of drug-likeness (QED) is 0.497. The van der Waals surface area contributed by atoms with E-state index in [4.69, 9.17) is 19.7 Å². The number of aliphatic hydroxyl groups excluding tert-OH is 2. The summed E-state index contributed by atoms with van der Waals surface area (Å²) in [7, 11) is 1.63. The van der Waals surface area contributed by atoms with Crippen LogP contribution >= 0.6 is 0 Å². The molecule has 0 saturated carbocycles. The van der Waals surface area contributed by atoms with Gasteiger partial charge < -0.3 is 19.7 Å². The van der Waals surface area contributed by atoms with Crippen molar-refractivity contribution in [2.45, 2.75) is 64.7 Å². The Balaban J connectivity index is 0.000000633. The Morgan fingerprint density at radius 2 is 1.69 bits per heavy atom. The van der Waals surface area contributed by atoms with Crippen molar-refractivity contribution in [3.05, 3.63) is 42.0 Å². The van der Waals surface area contributed by atoms with Crippen LogP contribution in [0.5, 0.6) is 5.75 Å². The molecule has 178 valence electrons. The molecule has 2 atom stereocenters. The van der Waals surface area contributed by atoms with Crippen LogP contribution in [-0.4, -0.2) is 70.8 Å². The molecule has 2 amide bonds. The maximum absolute atomic E-state index is 11.9. The standard InChI is InChI=1S/C19H23NO5.C5H12O2/c1-13(22)16(20-17(23)8-9-18(20)24)12-14-4-6-15(7-5-14)25-19(2,3)10-11-21;1-5(6)3-4-7-2/h4-9,16,21H,10-12H2,1-3H3;5-6H,3-4H2,1-2H3. The van der Waals surface area contributed by atoms with Crippen LogP contribution in [0.15, 0.2) is 36.4 Å². The second-order valence-electron chi connectivity index (χ2n) is 8.32. The first-order valence-electron chi connectivity index (χ1n) is 10.6. The molecule has 0 aromatic heterocycles. The Bertz CT molecular complexity index is 766. The zero-order chi connectivity index (χ0) is 24.3. The number of carbonyl (C=O) groups is 3. The Hall–Kier alpha value is -2.55. The minimum atomic E-state index is -0.812. The fourth-order valence-corrected chi connectivity index (χ4v) is 2.98. The molecule has 2 N–H and O–H groups in total. The summed E-state index contributed by atoms with van der Waals surface area (Å²) in [5.41, 5.74) is 0.332. The van der Waals surface area contributed by atoms with Crippen molar-refractivity contribution in [1.82, 2.24) is 4.90 Å². The summed E-state index contributed by atoms with van der Waals surface area (Å²) in [6.07, 6.45) is 3.63. The van der Waals surface area contributed by atoms with Gasteiger partial charge in [0.15, 0.2) is 5.78 Å². The number of nitrogens with zero attached hydrogens (tertiary/aromatic N) is 1. The van der Waals surface area contributed by atoms with E-state index in [1.807, 2.05) is 13.8 Å². The van der Waals surface area contributed by atoms with Crippen LogP contribution in [0.2, 0.25) is 0 Å². The topological polar surface area (TPSA) is 113 Å². The molecule has 32 heavy (non-hydrogen) atoms. The Morgan fingerprint density at radius 3 is 2.09 bits per heavy atom. The molecular formula is C24H35NO7. The highest BCUT2D eigenvalue weighted by Gasteiger charge is 2.34. The third kappa shape index (κ3) is 9.30. The normalized spacial score (nSPS) is 15.3. The molecule has 1 aromatic carbocycles. The molecular weight excluding hydrogens is 414 g/mol. The number of rotatable bonds is 11. The minimum Gasteiger partial charge on any atom is -0.488 e. The average Bonchev–Trinajstić information content (AvgIpc) is 3.03. The number of imide groups is 1. The molecule has 0 bridgehead atoms. The second kappa shape index (κ2) is 13.1. The number of Topliss-reactive ketones (excluding diaryl/α,β-unsaturated/α-hetero) is 1. The van der Waals surface area contributed by atoms with E-state index in [0.717, 1.165) is 16.9 Å². The van der Waals surface area contributed by atoms with Crippen molar-refractivity contribution < 1.29 is 34.1 Å². The molecule has 0 spiro atoms. The molecule has 1 aliphatic heterocycles. The fourth-order valence-electron chi connectivity index (χ4n) is 2.98. The first-order chi connectivity index (χ1) is 15.0. The van der Waals surface area contributed by atoms with Crippen molar-refractivity contribution in [3.63, 3.8) is 0 Å². The summed E-state index contributed by atoms with van der Waals surface area (Å²) in [6, 6.07) is 6.35. The summed E-state index contributed by atoms with van der Waals surface area (Å²) in [5.74, 6) is -0.516. The Morgan fingerprint density at radius 1 is 1.12 bits per heavy atom. The number of aliphatic hydroxyl groups is 2. The summed E-state index contributed by atoms with van der Waals surface area (Å²) >= 11 is 0. The lowest BCUT2D eigenvalue weighted by atomic mass is 10.0.